The molecular weight excluding hydrogens is 190 g/mol. The minimum atomic E-state index is 0.734. The van der Waals surface area contributed by atoms with Gasteiger partial charge in [-0.05, 0) is 55.2 Å². The molecule has 14 heavy (non-hydrogen) atoms. The van der Waals surface area contributed by atoms with Gasteiger partial charge in [0, 0.05) is 4.88 Å². The van der Waals surface area contributed by atoms with Crippen LogP contribution in [-0.2, 0) is 0 Å². The van der Waals surface area contributed by atoms with Crippen LogP contribution in [-0.4, -0.2) is 6.54 Å². The van der Waals surface area contributed by atoms with E-state index in [1.165, 1.54) is 30.6 Å². The summed E-state index contributed by atoms with van der Waals surface area (Å²) in [5.41, 5.74) is 7.39. The smallest absolute Gasteiger partial charge is 0.00171 e. The van der Waals surface area contributed by atoms with Crippen molar-refractivity contribution in [3.8, 4) is 0 Å². The van der Waals surface area contributed by atoms with E-state index in [1.54, 1.807) is 5.56 Å². The summed E-state index contributed by atoms with van der Waals surface area (Å²) in [6.45, 7) is 3.05. The highest BCUT2D eigenvalue weighted by atomic mass is 32.1. The summed E-state index contributed by atoms with van der Waals surface area (Å²) in [6, 6.07) is 2.35. The molecule has 0 spiro atoms. The third kappa shape index (κ3) is 2.01. The highest BCUT2D eigenvalue weighted by molar-refractivity contribution is 7.10. The topological polar surface area (TPSA) is 26.0 Å². The van der Waals surface area contributed by atoms with E-state index in [0.717, 1.165) is 18.4 Å². The minimum Gasteiger partial charge on any atom is -0.330 e. The maximum Gasteiger partial charge on any atom is 0.00171 e. The second-order valence-electron chi connectivity index (χ2n) is 4.38. The van der Waals surface area contributed by atoms with E-state index in [0.29, 0.717) is 0 Å². The Hall–Kier alpha value is -0.340. The number of rotatable bonds is 2. The van der Waals surface area contributed by atoms with Crippen LogP contribution in [0.1, 0.15) is 42.0 Å². The summed E-state index contributed by atoms with van der Waals surface area (Å²) >= 11 is 1.87. The first-order chi connectivity index (χ1) is 6.81. The average Bonchev–Trinajstić information content (AvgIpc) is 2.65. The highest BCUT2D eigenvalue weighted by Crippen LogP contribution is 2.38. The second-order valence-corrected chi connectivity index (χ2v) is 5.49. The Morgan fingerprint density at radius 3 is 2.86 bits per heavy atom. The van der Waals surface area contributed by atoms with Crippen molar-refractivity contribution in [1.29, 1.82) is 0 Å². The normalized spacial score (nSPS) is 27.9. The summed E-state index contributed by atoms with van der Waals surface area (Å²) in [7, 11) is 0. The molecule has 2 atom stereocenters. The van der Waals surface area contributed by atoms with Crippen LogP contribution >= 0.6 is 11.3 Å². The van der Waals surface area contributed by atoms with Gasteiger partial charge in [-0.15, -0.1) is 11.3 Å². The maximum atomic E-state index is 5.84. The molecular formula is C12H19NS. The lowest BCUT2D eigenvalue weighted by molar-refractivity contribution is 0.315. The number of thiophene rings is 1. The molecule has 2 unspecified atom stereocenters. The van der Waals surface area contributed by atoms with Gasteiger partial charge in [-0.3, -0.25) is 0 Å². The predicted octanol–water partition coefficient (Wildman–Crippen LogP) is 3.29. The zero-order chi connectivity index (χ0) is 9.97. The Labute approximate surface area is 90.3 Å². The summed E-state index contributed by atoms with van der Waals surface area (Å²) in [5, 5.41) is 2.33. The van der Waals surface area contributed by atoms with E-state index in [1.807, 2.05) is 11.3 Å². The van der Waals surface area contributed by atoms with Crippen molar-refractivity contribution in [3.05, 3.63) is 21.9 Å². The third-order valence-electron chi connectivity index (χ3n) is 3.39. The number of hydrogen-bond acceptors (Lipinski definition) is 2. The third-order valence-corrected chi connectivity index (χ3v) is 4.27. The van der Waals surface area contributed by atoms with E-state index >= 15 is 0 Å². The van der Waals surface area contributed by atoms with Crippen molar-refractivity contribution in [2.24, 2.45) is 11.7 Å². The zero-order valence-corrected chi connectivity index (χ0v) is 9.65. The fraction of sp³-hybridized carbons (Fsp3) is 0.667. The SMILES string of the molecule is Cc1cc(C2CCCCC2CN)cs1. The van der Waals surface area contributed by atoms with Gasteiger partial charge < -0.3 is 5.73 Å². The molecule has 0 aliphatic heterocycles. The first-order valence-electron chi connectivity index (χ1n) is 5.56. The van der Waals surface area contributed by atoms with Gasteiger partial charge in [0.15, 0.2) is 0 Å². The molecule has 1 aromatic heterocycles. The van der Waals surface area contributed by atoms with Crippen molar-refractivity contribution in [1.82, 2.24) is 0 Å². The van der Waals surface area contributed by atoms with Crippen LogP contribution in [0.4, 0.5) is 0 Å². The molecule has 1 aliphatic carbocycles. The quantitative estimate of drug-likeness (QED) is 0.794. The lowest BCUT2D eigenvalue weighted by atomic mass is 9.76. The zero-order valence-electron chi connectivity index (χ0n) is 8.83. The van der Waals surface area contributed by atoms with Gasteiger partial charge in [0.2, 0.25) is 0 Å². The van der Waals surface area contributed by atoms with Crippen LogP contribution in [0.3, 0.4) is 0 Å². The van der Waals surface area contributed by atoms with Crippen LogP contribution < -0.4 is 5.73 Å². The van der Waals surface area contributed by atoms with Gasteiger partial charge in [0.05, 0.1) is 0 Å². The maximum absolute atomic E-state index is 5.84. The Kier molecular flexibility index (Phi) is 3.24. The molecule has 1 saturated carbocycles. The first kappa shape index (κ1) is 10.2. The van der Waals surface area contributed by atoms with Gasteiger partial charge in [-0.1, -0.05) is 12.8 Å². The summed E-state index contributed by atoms with van der Waals surface area (Å²) in [6.07, 6.45) is 5.44. The van der Waals surface area contributed by atoms with Crippen LogP contribution in [0.2, 0.25) is 0 Å². The van der Waals surface area contributed by atoms with E-state index in [-0.39, 0.29) is 0 Å². The molecule has 78 valence electrons. The molecule has 0 aromatic carbocycles. The number of nitrogens with two attached hydrogens (primary N) is 1. The molecule has 0 bridgehead atoms. The fourth-order valence-electron chi connectivity index (χ4n) is 2.59. The van der Waals surface area contributed by atoms with Crippen LogP contribution in [0.15, 0.2) is 11.4 Å². The molecule has 0 saturated heterocycles. The average molecular weight is 209 g/mol. The van der Waals surface area contributed by atoms with Gasteiger partial charge in [0.1, 0.15) is 0 Å². The summed E-state index contributed by atoms with van der Waals surface area (Å²) in [4.78, 5) is 1.43. The molecule has 1 aromatic rings. The summed E-state index contributed by atoms with van der Waals surface area (Å²) < 4.78 is 0. The van der Waals surface area contributed by atoms with Crippen molar-refractivity contribution in [3.63, 3.8) is 0 Å². The second kappa shape index (κ2) is 4.45. The van der Waals surface area contributed by atoms with Crippen LogP contribution in [0.5, 0.6) is 0 Å². The van der Waals surface area contributed by atoms with Gasteiger partial charge in [-0.2, -0.15) is 0 Å². The van der Waals surface area contributed by atoms with Gasteiger partial charge >= 0.3 is 0 Å². The van der Waals surface area contributed by atoms with E-state index < -0.39 is 0 Å². The van der Waals surface area contributed by atoms with E-state index in [9.17, 15) is 0 Å². The van der Waals surface area contributed by atoms with Crippen molar-refractivity contribution >= 4 is 11.3 Å². The standard InChI is InChI=1S/C12H19NS/c1-9-6-11(8-14-9)12-5-3-2-4-10(12)7-13/h6,8,10,12H,2-5,7,13H2,1H3. The molecule has 0 radical (unpaired) electrons. The Morgan fingerprint density at radius 2 is 2.21 bits per heavy atom. The van der Waals surface area contributed by atoms with Crippen molar-refractivity contribution in [2.75, 3.05) is 6.54 Å². The molecule has 2 heteroatoms. The Morgan fingerprint density at radius 1 is 1.43 bits per heavy atom. The van der Waals surface area contributed by atoms with Crippen molar-refractivity contribution in [2.45, 2.75) is 38.5 Å². The highest BCUT2D eigenvalue weighted by Gasteiger charge is 2.25. The largest absolute Gasteiger partial charge is 0.330 e. The lowest BCUT2D eigenvalue weighted by Crippen LogP contribution is -2.24. The minimum absolute atomic E-state index is 0.734. The van der Waals surface area contributed by atoms with Crippen LogP contribution in [0.25, 0.3) is 0 Å². The first-order valence-corrected chi connectivity index (χ1v) is 6.44. The molecule has 1 aliphatic rings. The molecule has 0 amide bonds. The van der Waals surface area contributed by atoms with E-state index in [4.69, 9.17) is 5.73 Å². The number of aryl methyl sites for hydroxylation is 1. The molecule has 1 nitrogen and oxygen atoms in total. The Bertz CT molecular complexity index is 292. The monoisotopic (exact) mass is 209 g/mol. The molecule has 2 rings (SSSR count). The van der Waals surface area contributed by atoms with Gasteiger partial charge in [0.25, 0.3) is 0 Å². The molecule has 1 fully saturated rings. The Balaban J connectivity index is 2.14. The van der Waals surface area contributed by atoms with Crippen LogP contribution in [0, 0.1) is 12.8 Å². The van der Waals surface area contributed by atoms with E-state index in [2.05, 4.69) is 18.4 Å². The molecule has 1 heterocycles. The fourth-order valence-corrected chi connectivity index (χ4v) is 3.36. The summed E-state index contributed by atoms with van der Waals surface area (Å²) in [5.74, 6) is 1.48. The predicted molar refractivity (Wildman–Crippen MR) is 62.8 cm³/mol. The number of hydrogen-bond donors (Lipinski definition) is 1. The van der Waals surface area contributed by atoms with Gasteiger partial charge in [-0.25, -0.2) is 0 Å². The molecule has 2 N–H and O–H groups in total. The van der Waals surface area contributed by atoms with Crippen molar-refractivity contribution < 1.29 is 0 Å². The lowest BCUT2D eigenvalue weighted by Gasteiger charge is -2.30.